The molecule has 746 valence electrons. The van der Waals surface area contributed by atoms with Gasteiger partial charge >= 0.3 is 89.1 Å². The Labute approximate surface area is 769 Å². The molecule has 10 N–H and O–H groups in total. The lowest BCUT2D eigenvalue weighted by atomic mass is 10.0. The van der Waals surface area contributed by atoms with Gasteiger partial charge in [0.25, 0.3) is 0 Å². The van der Waals surface area contributed by atoms with E-state index >= 15 is 0 Å². The van der Waals surface area contributed by atoms with E-state index in [1.807, 2.05) is 0 Å². The molecule has 0 aliphatic carbocycles. The van der Waals surface area contributed by atoms with E-state index in [1.165, 1.54) is 56.0 Å². The second kappa shape index (κ2) is 49.0. The molecule has 0 aromatic carbocycles. The number of hydrogen-bond donors (Lipinski definition) is 8. The number of aliphatic hydroxyl groups excluding tert-OH is 3. The van der Waals surface area contributed by atoms with Crippen molar-refractivity contribution in [2.45, 2.75) is 259 Å². The van der Waals surface area contributed by atoms with Gasteiger partial charge in [-0.3, -0.25) is 31.8 Å². The Morgan fingerprint density at radius 2 is 0.712 bits per heavy atom. The normalized spacial score (nSPS) is 23.6. The van der Waals surface area contributed by atoms with Crippen molar-refractivity contribution in [1.82, 2.24) is 38.2 Å². The molecule has 17 atom stereocenters. The lowest BCUT2D eigenvalue weighted by Crippen LogP contribution is -2.45. The van der Waals surface area contributed by atoms with E-state index in [4.69, 9.17) is 67.8 Å². The summed E-state index contributed by atoms with van der Waals surface area (Å²) in [6.07, 6.45) is -14.2. The number of thioether (sulfide) groups is 4. The number of phosphoric ester groups is 3. The minimum atomic E-state index is -4.74. The van der Waals surface area contributed by atoms with Gasteiger partial charge in [-0.15, -0.1) is 47.0 Å². The highest BCUT2D eigenvalue weighted by atomic mass is 32.2. The zero-order valence-electron chi connectivity index (χ0n) is 75.1. The molecular weight excluding hydrogens is 1920 g/mol. The number of amides is 4. The predicted octanol–water partition coefficient (Wildman–Crippen LogP) is 10.2. The van der Waals surface area contributed by atoms with Crippen LogP contribution in [0.1, 0.15) is 160 Å². The lowest BCUT2D eigenvalue weighted by Gasteiger charge is -2.28. The number of ether oxygens (including phenoxy) is 10. The number of aliphatic hydroxyl groups is 3. The number of aromatic nitrogens is 8. The zero-order valence-corrected chi connectivity index (χ0v) is 81.0. The maximum absolute atomic E-state index is 15.0. The Balaban J connectivity index is 0.000000313. The molecule has 132 heavy (non-hydrogen) atoms. The molecule has 4 aromatic rings. The van der Waals surface area contributed by atoms with Crippen molar-refractivity contribution in [3.8, 4) is 0 Å². The van der Waals surface area contributed by atoms with E-state index in [9.17, 15) is 104 Å². The largest absolute Gasteiger partial charge is 0.510 e. The van der Waals surface area contributed by atoms with Gasteiger partial charge in [-0.05, 0) is 149 Å². The standard InChI is InChI=1S/C20H31FN3O9PS.C20H30FN3O6S.C19H29FN3O12PS.C14H21FN3O9PS/c1-11-12(10-31-34(28,29)30)35-15(14(11)21)23-9-8-13(22-16(23)25)24(17(26)32-19(2,3)4)18(27)33-20(5,6)7;1-11-12(10-25)31-15(14(11)21)23-9-8-13(22-16(23)26)24(17(27)29-19(2,3)4)18(28)30-20(5,6)7;1-10(2)34-18(26)29-8-32-36(28,33-9-30-19(27)35-11(3)4)31-7-12-15(24)14(20)16(37-12)23-6-5-13(21)22-17(23)25;1-7(2)27-14(21)24-6-26-28(22,23)25-5-8-11(19)10(15)12(29-8)18-4-3-9(16)17-13(18)20/h8-9,11-12,14-15H,10H2,1-7H3,(H2,28,29,30);8-9,11-12,14-15,25H,10H2,1-7H3;5-6,10-12,14-16,24H,7-9H2,1-4H3,(H2,21,22,25);3-4,7-8,10-12,19H,5-6H2,1-2H3,(H,22,23)(H2,16,17,20)/t2*11-,12-,14+,15-;12-,14+,15-,16-;8-,10+,11-,12-/m1111/s1. The number of hydrogen-bond acceptors (Lipinski definition) is 43. The monoisotopic (exact) mass is 2030 g/mol. The van der Waals surface area contributed by atoms with Crippen molar-refractivity contribution in [2.75, 3.05) is 68.1 Å². The number of carbonyl (C=O) groups is 7. The van der Waals surface area contributed by atoms with Crippen molar-refractivity contribution in [3.63, 3.8) is 0 Å². The van der Waals surface area contributed by atoms with Crippen molar-refractivity contribution in [1.29, 1.82) is 0 Å². The third kappa shape index (κ3) is 36.4. The molecule has 0 saturated carbocycles. The molecule has 0 spiro atoms. The molecule has 4 aliphatic rings. The smallest absolute Gasteiger partial charge is 0.443 e. The summed E-state index contributed by atoms with van der Waals surface area (Å²) in [7, 11) is -14.0. The molecule has 8 rings (SSSR count). The summed E-state index contributed by atoms with van der Waals surface area (Å²) in [6, 6.07) is 5.01. The number of rotatable bonds is 28. The number of imide groups is 2. The number of nitrogen functional groups attached to an aromatic ring is 2. The van der Waals surface area contributed by atoms with Crippen LogP contribution in [0, 0.1) is 11.8 Å². The van der Waals surface area contributed by atoms with Crippen molar-refractivity contribution in [2.24, 2.45) is 11.8 Å². The fourth-order valence-corrected chi connectivity index (χ4v) is 19.0. The number of carbonyl (C=O) groups excluding carboxylic acids is 7. The predicted molar refractivity (Wildman–Crippen MR) is 465 cm³/mol. The second-order valence-corrected chi connectivity index (χ2v) is 43.1. The minimum Gasteiger partial charge on any atom is -0.443 e. The van der Waals surface area contributed by atoms with Crippen LogP contribution in [-0.2, 0) is 88.2 Å². The van der Waals surface area contributed by atoms with Crippen LogP contribution in [0.5, 0.6) is 0 Å². The Kier molecular flexibility index (Phi) is 42.4. The molecule has 0 radical (unpaired) electrons. The maximum atomic E-state index is 15.0. The second-order valence-electron chi connectivity index (χ2n) is 33.3. The van der Waals surface area contributed by atoms with Crippen LogP contribution in [0.3, 0.4) is 0 Å². The third-order valence-electron chi connectivity index (χ3n) is 16.7. The summed E-state index contributed by atoms with van der Waals surface area (Å²) in [5.74, 6) is -1.91. The van der Waals surface area contributed by atoms with Crippen molar-refractivity contribution < 1.29 is 169 Å². The van der Waals surface area contributed by atoms with Gasteiger partial charge in [0, 0.05) is 47.1 Å². The molecule has 1 unspecified atom stereocenters. The number of halogens is 4. The summed E-state index contributed by atoms with van der Waals surface area (Å²) < 4.78 is 176. The number of alkyl halides is 4. The van der Waals surface area contributed by atoms with E-state index in [0.29, 0.717) is 9.80 Å². The average Bonchev–Trinajstić information content (AvgIpc) is 1.65. The van der Waals surface area contributed by atoms with Gasteiger partial charge in [0.05, 0.1) is 55.2 Å². The van der Waals surface area contributed by atoms with Crippen LogP contribution in [-0.4, -0.2) is 256 Å². The maximum Gasteiger partial charge on any atom is 0.510 e. The van der Waals surface area contributed by atoms with Gasteiger partial charge in [-0.2, -0.15) is 29.7 Å². The third-order valence-corrected chi connectivity index (χ3v) is 25.8. The van der Waals surface area contributed by atoms with E-state index in [0.717, 1.165) is 65.3 Å². The van der Waals surface area contributed by atoms with E-state index in [2.05, 4.69) is 47.9 Å². The highest BCUT2D eigenvalue weighted by molar-refractivity contribution is 8.01. The van der Waals surface area contributed by atoms with Crippen LogP contribution in [0.4, 0.5) is 74.4 Å². The number of anilines is 4. The molecule has 48 nitrogen and oxygen atoms in total. The van der Waals surface area contributed by atoms with E-state index in [1.54, 1.807) is 132 Å². The molecule has 0 bridgehead atoms. The Hall–Kier alpha value is -8.26. The highest BCUT2D eigenvalue weighted by Gasteiger charge is 2.50. The van der Waals surface area contributed by atoms with Gasteiger partial charge in [0.1, 0.15) is 80.1 Å². The summed E-state index contributed by atoms with van der Waals surface area (Å²) in [5, 5.41) is 22.5. The SMILES string of the molecule is CC(C)OC(=O)OCOP(=O)(O)OC[C@H]1S[C@@H](n2ccc(N)nc2=O)[C@@H](F)[C@@H]1O.CC(C)OC(=O)OCOP(=O)(OCOC(=O)OC(C)C)OC[C@H]1S[C@@H](n2ccc(N)nc2=O)[C@@H](F)[C@@H]1O.C[C@H]1[C@H](F)[C@H](n2ccc(N(C(=O)OC(C)(C)C)C(=O)OC(C)(C)C)nc2=O)S[C@@H]1CO.C[C@H]1[C@H](F)[C@H](n2ccc(N(C(=O)OC(C)(C)C)C(=O)OC(C)(C)C)nc2=O)S[C@@H]1COP(=O)(O)O. The topological polar surface area (TPSA) is 638 Å². The van der Waals surface area contributed by atoms with Crippen LogP contribution in [0.25, 0.3) is 0 Å². The number of nitrogens with zero attached hydrogens (tertiary/aromatic N) is 10. The molecule has 8 heterocycles. The first-order valence-electron chi connectivity index (χ1n) is 39.7. The first-order valence-corrected chi connectivity index (χ1v) is 47.9. The summed E-state index contributed by atoms with van der Waals surface area (Å²) >= 11 is 3.71. The van der Waals surface area contributed by atoms with E-state index in [-0.39, 0.29) is 35.1 Å². The molecule has 59 heteroatoms. The first kappa shape index (κ1) is 114. The minimum absolute atomic E-state index is 0.0389. The number of phosphoric acid groups is 3. The molecule has 4 aliphatic heterocycles. The van der Waals surface area contributed by atoms with Crippen LogP contribution in [0.2, 0.25) is 0 Å². The molecule has 4 aromatic heterocycles. The molecule has 4 saturated heterocycles. The highest BCUT2D eigenvalue weighted by Crippen LogP contribution is 2.54. The van der Waals surface area contributed by atoms with Gasteiger partial charge in [-0.25, -0.2) is 97.6 Å². The fraction of sp³-hybridized carbons (Fsp3) is 0.685. The van der Waals surface area contributed by atoms with Crippen LogP contribution in [0.15, 0.2) is 68.2 Å². The van der Waals surface area contributed by atoms with Crippen LogP contribution < -0.4 is 44.0 Å². The van der Waals surface area contributed by atoms with Crippen molar-refractivity contribution >= 4 is 137 Å². The van der Waals surface area contributed by atoms with Crippen LogP contribution >= 0.6 is 70.5 Å². The van der Waals surface area contributed by atoms with Gasteiger partial charge in [0.2, 0.25) is 20.4 Å². The number of nitrogens with two attached hydrogens (primary N) is 2. The summed E-state index contributed by atoms with van der Waals surface area (Å²) in [5.41, 5.74) is 3.64. The molecular formula is C73H111F4N12O36P3S4. The summed E-state index contributed by atoms with van der Waals surface area (Å²) in [4.78, 5) is 177. The van der Waals surface area contributed by atoms with Gasteiger partial charge in [0.15, 0.2) is 24.0 Å². The summed E-state index contributed by atoms with van der Waals surface area (Å²) in [6.45, 7) is 27.3. The zero-order chi connectivity index (χ0) is 100. The van der Waals surface area contributed by atoms with Gasteiger partial charge < -0.3 is 88.8 Å². The Morgan fingerprint density at radius 3 is 1.01 bits per heavy atom. The molecule has 4 fully saturated rings. The Morgan fingerprint density at radius 1 is 0.432 bits per heavy atom. The fourth-order valence-electron chi connectivity index (χ4n) is 10.8. The van der Waals surface area contributed by atoms with Gasteiger partial charge in [-0.1, -0.05) is 13.8 Å². The van der Waals surface area contributed by atoms with Crippen molar-refractivity contribution in [3.05, 3.63) is 91.0 Å². The first-order chi connectivity index (χ1) is 60.7. The molecule has 4 amide bonds. The van der Waals surface area contributed by atoms with E-state index < -0.39 is 256 Å². The lowest BCUT2D eigenvalue weighted by molar-refractivity contribution is -0.0468. The quantitative estimate of drug-likeness (QED) is 0.00861. The Bertz CT molecular complexity index is 4900. The average molecular weight is 2030 g/mol.